The molecule has 0 aromatic carbocycles. The van der Waals surface area contributed by atoms with Crippen molar-refractivity contribution in [1.82, 2.24) is 4.90 Å². The van der Waals surface area contributed by atoms with E-state index in [9.17, 15) is 0 Å². The van der Waals surface area contributed by atoms with Crippen molar-refractivity contribution in [1.29, 1.82) is 0 Å². The molecule has 0 N–H and O–H groups in total. The van der Waals surface area contributed by atoms with E-state index in [4.69, 9.17) is 14.2 Å². The molecule has 0 aliphatic heterocycles. The zero-order valence-electron chi connectivity index (χ0n) is 10.5. The van der Waals surface area contributed by atoms with E-state index in [-0.39, 0.29) is 6.10 Å². The van der Waals surface area contributed by atoms with Crippen LogP contribution in [0, 0.1) is 0 Å². The Morgan fingerprint density at radius 1 is 1.13 bits per heavy atom. The first kappa shape index (κ1) is 14.8. The van der Waals surface area contributed by atoms with Crippen LogP contribution in [0.2, 0.25) is 0 Å². The lowest BCUT2D eigenvalue weighted by molar-refractivity contribution is -0.0522. The van der Waals surface area contributed by atoms with E-state index in [0.717, 1.165) is 26.2 Å². The van der Waals surface area contributed by atoms with Crippen LogP contribution in [-0.2, 0) is 14.2 Å². The van der Waals surface area contributed by atoms with Crippen LogP contribution in [0.3, 0.4) is 0 Å². The van der Waals surface area contributed by atoms with Crippen molar-refractivity contribution in [2.45, 2.75) is 19.4 Å². The van der Waals surface area contributed by atoms with Crippen LogP contribution in [0.5, 0.6) is 0 Å². The van der Waals surface area contributed by atoms with Gasteiger partial charge >= 0.3 is 0 Å². The highest BCUT2D eigenvalue weighted by Crippen LogP contribution is 1.96. The molecule has 0 saturated heterocycles. The maximum Gasteiger partial charge on any atom is 0.104 e. The Bertz CT molecular complexity index is 131. The van der Waals surface area contributed by atoms with Gasteiger partial charge in [0.05, 0.1) is 19.8 Å². The van der Waals surface area contributed by atoms with Gasteiger partial charge < -0.3 is 19.1 Å². The molecule has 1 unspecified atom stereocenters. The summed E-state index contributed by atoms with van der Waals surface area (Å²) < 4.78 is 16.1. The van der Waals surface area contributed by atoms with Crippen molar-refractivity contribution >= 4 is 0 Å². The molecule has 0 radical (unpaired) electrons. The molecule has 4 nitrogen and oxygen atoms in total. The summed E-state index contributed by atoms with van der Waals surface area (Å²) in [6, 6.07) is 0. The summed E-state index contributed by atoms with van der Waals surface area (Å²) in [4.78, 5) is 2.10. The molecular weight excluding hydrogens is 194 g/mol. The Balaban J connectivity index is 3.47. The summed E-state index contributed by atoms with van der Waals surface area (Å²) in [5.41, 5.74) is 0. The van der Waals surface area contributed by atoms with Crippen LogP contribution in [0.15, 0.2) is 0 Å². The first-order valence-corrected chi connectivity index (χ1v) is 5.53. The van der Waals surface area contributed by atoms with Crippen molar-refractivity contribution < 1.29 is 14.2 Å². The molecule has 0 aromatic heterocycles. The Kier molecular flexibility index (Phi) is 10.3. The van der Waals surface area contributed by atoms with E-state index in [1.807, 2.05) is 14.1 Å². The van der Waals surface area contributed by atoms with Gasteiger partial charge in [0.25, 0.3) is 0 Å². The second-order valence-corrected chi connectivity index (χ2v) is 3.83. The van der Waals surface area contributed by atoms with E-state index >= 15 is 0 Å². The zero-order chi connectivity index (χ0) is 11.5. The van der Waals surface area contributed by atoms with Crippen LogP contribution < -0.4 is 0 Å². The molecule has 0 rings (SSSR count). The fourth-order valence-electron chi connectivity index (χ4n) is 1.08. The Morgan fingerprint density at radius 2 is 1.87 bits per heavy atom. The quantitative estimate of drug-likeness (QED) is 0.513. The SMILES string of the molecule is CCCOC(COC)COCCN(C)C. The molecule has 0 saturated carbocycles. The fourth-order valence-corrected chi connectivity index (χ4v) is 1.08. The molecule has 15 heavy (non-hydrogen) atoms. The molecule has 0 heterocycles. The van der Waals surface area contributed by atoms with Gasteiger partial charge in [-0.15, -0.1) is 0 Å². The molecule has 0 aliphatic carbocycles. The average molecular weight is 219 g/mol. The first-order chi connectivity index (χ1) is 7.20. The van der Waals surface area contributed by atoms with E-state index in [0.29, 0.717) is 13.2 Å². The average Bonchev–Trinajstić information content (AvgIpc) is 2.20. The van der Waals surface area contributed by atoms with Crippen molar-refractivity contribution in [3.63, 3.8) is 0 Å². The van der Waals surface area contributed by atoms with Crippen LogP contribution >= 0.6 is 0 Å². The summed E-state index contributed by atoms with van der Waals surface area (Å²) >= 11 is 0. The largest absolute Gasteiger partial charge is 0.382 e. The molecular formula is C11H25NO3. The Hall–Kier alpha value is -0.160. The first-order valence-electron chi connectivity index (χ1n) is 5.53. The van der Waals surface area contributed by atoms with E-state index in [1.165, 1.54) is 0 Å². The van der Waals surface area contributed by atoms with Crippen molar-refractivity contribution in [3.05, 3.63) is 0 Å². The number of hydrogen-bond donors (Lipinski definition) is 0. The maximum absolute atomic E-state index is 5.58. The highest BCUT2D eigenvalue weighted by molar-refractivity contribution is 4.55. The minimum absolute atomic E-state index is 0.0668. The van der Waals surface area contributed by atoms with Gasteiger partial charge in [0.15, 0.2) is 0 Å². The summed E-state index contributed by atoms with van der Waals surface area (Å²) in [5, 5.41) is 0. The number of likely N-dealkylation sites (N-methyl/N-ethyl adjacent to an activating group) is 1. The smallest absolute Gasteiger partial charge is 0.104 e. The number of rotatable bonds is 10. The van der Waals surface area contributed by atoms with Crippen molar-refractivity contribution in [2.24, 2.45) is 0 Å². The number of nitrogens with zero attached hydrogens (tertiary/aromatic N) is 1. The lowest BCUT2D eigenvalue weighted by atomic mass is 10.4. The highest BCUT2D eigenvalue weighted by atomic mass is 16.6. The molecule has 0 aromatic rings. The summed E-state index contributed by atoms with van der Waals surface area (Å²) in [6.07, 6.45) is 1.09. The molecule has 0 amide bonds. The predicted octanol–water partition coefficient (Wildman–Crippen LogP) is 1.01. The van der Waals surface area contributed by atoms with Crippen LogP contribution in [0.25, 0.3) is 0 Å². The molecule has 92 valence electrons. The molecule has 0 spiro atoms. The molecule has 0 bridgehead atoms. The van der Waals surface area contributed by atoms with Gasteiger partial charge in [-0.3, -0.25) is 0 Å². The van der Waals surface area contributed by atoms with Gasteiger partial charge in [0.1, 0.15) is 6.10 Å². The number of methoxy groups -OCH3 is 1. The number of ether oxygens (including phenoxy) is 3. The third-order valence-electron chi connectivity index (χ3n) is 1.90. The fraction of sp³-hybridized carbons (Fsp3) is 1.00. The van der Waals surface area contributed by atoms with E-state index in [1.54, 1.807) is 7.11 Å². The van der Waals surface area contributed by atoms with Crippen molar-refractivity contribution in [2.75, 3.05) is 54.2 Å². The van der Waals surface area contributed by atoms with Crippen LogP contribution in [0.1, 0.15) is 13.3 Å². The van der Waals surface area contributed by atoms with E-state index < -0.39 is 0 Å². The third-order valence-corrected chi connectivity index (χ3v) is 1.90. The summed E-state index contributed by atoms with van der Waals surface area (Å²) in [7, 11) is 5.75. The Morgan fingerprint density at radius 3 is 2.40 bits per heavy atom. The van der Waals surface area contributed by atoms with Gasteiger partial charge in [-0.05, 0) is 20.5 Å². The topological polar surface area (TPSA) is 30.9 Å². The molecule has 1 atom stereocenters. The Labute approximate surface area is 93.5 Å². The monoisotopic (exact) mass is 219 g/mol. The predicted molar refractivity (Wildman–Crippen MR) is 61.3 cm³/mol. The molecule has 0 fully saturated rings. The van der Waals surface area contributed by atoms with Crippen LogP contribution in [-0.4, -0.2) is 65.2 Å². The van der Waals surface area contributed by atoms with Crippen LogP contribution in [0.4, 0.5) is 0 Å². The van der Waals surface area contributed by atoms with Gasteiger partial charge in [-0.2, -0.15) is 0 Å². The zero-order valence-corrected chi connectivity index (χ0v) is 10.5. The molecule has 0 aliphatic rings. The highest BCUT2D eigenvalue weighted by Gasteiger charge is 2.08. The summed E-state index contributed by atoms with van der Waals surface area (Å²) in [5.74, 6) is 0. The second kappa shape index (κ2) is 10.4. The number of hydrogen-bond acceptors (Lipinski definition) is 4. The maximum atomic E-state index is 5.58. The lowest BCUT2D eigenvalue weighted by Crippen LogP contribution is -2.27. The normalized spacial score (nSPS) is 13.4. The second-order valence-electron chi connectivity index (χ2n) is 3.83. The minimum Gasteiger partial charge on any atom is -0.382 e. The summed E-state index contributed by atoms with van der Waals surface area (Å²) in [6.45, 7) is 5.75. The van der Waals surface area contributed by atoms with Crippen molar-refractivity contribution in [3.8, 4) is 0 Å². The standard InChI is InChI=1S/C11H25NO3/c1-5-7-15-11(9-13-4)10-14-8-6-12(2)3/h11H,5-10H2,1-4H3. The van der Waals surface area contributed by atoms with Gasteiger partial charge in [-0.25, -0.2) is 0 Å². The third kappa shape index (κ3) is 10.1. The van der Waals surface area contributed by atoms with Gasteiger partial charge in [0, 0.05) is 20.3 Å². The van der Waals surface area contributed by atoms with E-state index in [2.05, 4.69) is 11.8 Å². The molecule has 4 heteroatoms. The van der Waals surface area contributed by atoms with Gasteiger partial charge in [-0.1, -0.05) is 6.92 Å². The minimum atomic E-state index is 0.0668. The lowest BCUT2D eigenvalue weighted by Gasteiger charge is -2.17. The van der Waals surface area contributed by atoms with Gasteiger partial charge in [0.2, 0.25) is 0 Å².